The maximum absolute atomic E-state index is 13.6. The number of fused-ring (bicyclic) bond motifs is 1. The molecule has 5 rings (SSSR count). The smallest absolute Gasteiger partial charge is 0.266 e. The SMILES string of the molecule is CCCOc1ccc(N2C(=O)[C@H]3[C@H](ON(c4ccccc4)[C@H]3c3ccc(C)cc3)C2=O)cc1. The van der Waals surface area contributed by atoms with E-state index in [1.165, 1.54) is 4.90 Å². The lowest BCUT2D eigenvalue weighted by Gasteiger charge is -2.28. The molecule has 0 N–H and O–H groups in total. The number of benzene rings is 3. The van der Waals surface area contributed by atoms with Gasteiger partial charge >= 0.3 is 0 Å². The van der Waals surface area contributed by atoms with E-state index in [1.807, 2.05) is 68.4 Å². The third kappa shape index (κ3) is 3.76. The highest BCUT2D eigenvalue weighted by molar-refractivity contribution is 6.23. The molecule has 0 saturated carbocycles. The van der Waals surface area contributed by atoms with Crippen molar-refractivity contribution >= 4 is 23.2 Å². The molecule has 3 atom stereocenters. The van der Waals surface area contributed by atoms with Crippen LogP contribution >= 0.6 is 0 Å². The summed E-state index contributed by atoms with van der Waals surface area (Å²) in [5, 5.41) is 1.72. The first-order valence-electron chi connectivity index (χ1n) is 11.3. The minimum absolute atomic E-state index is 0.253. The molecular weight excluding hydrogens is 416 g/mol. The van der Waals surface area contributed by atoms with Gasteiger partial charge in [0.05, 0.1) is 24.0 Å². The van der Waals surface area contributed by atoms with E-state index in [1.54, 1.807) is 29.3 Å². The van der Waals surface area contributed by atoms with Gasteiger partial charge in [0, 0.05) is 0 Å². The summed E-state index contributed by atoms with van der Waals surface area (Å²) < 4.78 is 5.63. The summed E-state index contributed by atoms with van der Waals surface area (Å²) in [7, 11) is 0. The van der Waals surface area contributed by atoms with E-state index >= 15 is 0 Å². The van der Waals surface area contributed by atoms with Gasteiger partial charge in [-0.3, -0.25) is 14.4 Å². The molecular formula is C27H26N2O4. The van der Waals surface area contributed by atoms with Crippen LogP contribution in [0.25, 0.3) is 0 Å². The van der Waals surface area contributed by atoms with E-state index in [9.17, 15) is 9.59 Å². The van der Waals surface area contributed by atoms with E-state index in [4.69, 9.17) is 9.57 Å². The van der Waals surface area contributed by atoms with Crippen molar-refractivity contribution < 1.29 is 19.2 Å². The maximum atomic E-state index is 13.6. The lowest BCUT2D eigenvalue weighted by atomic mass is 9.90. The Hall–Kier alpha value is -3.64. The van der Waals surface area contributed by atoms with Crippen LogP contribution in [0.3, 0.4) is 0 Å². The molecule has 0 radical (unpaired) electrons. The van der Waals surface area contributed by atoms with E-state index in [2.05, 4.69) is 0 Å². The largest absolute Gasteiger partial charge is 0.494 e. The maximum Gasteiger partial charge on any atom is 0.266 e. The number of amides is 2. The Morgan fingerprint density at radius 1 is 0.848 bits per heavy atom. The van der Waals surface area contributed by atoms with Crippen LogP contribution in [0.5, 0.6) is 5.75 Å². The quantitative estimate of drug-likeness (QED) is 0.512. The van der Waals surface area contributed by atoms with Gasteiger partial charge in [0.25, 0.3) is 5.91 Å². The molecule has 2 aliphatic heterocycles. The molecule has 2 heterocycles. The monoisotopic (exact) mass is 442 g/mol. The Bertz CT molecular complexity index is 1150. The molecule has 0 spiro atoms. The van der Waals surface area contributed by atoms with Crippen LogP contribution in [0, 0.1) is 12.8 Å². The molecule has 2 aliphatic rings. The standard InChI is InChI=1S/C27H26N2O4/c1-3-17-32-22-15-13-20(14-16-22)28-26(30)23-24(19-11-9-18(2)10-12-19)29(33-25(23)27(28)31)21-7-5-4-6-8-21/h4-16,23-25H,3,17H2,1-2H3/t23-,24+,25+/m1/s1. The third-order valence-corrected chi connectivity index (χ3v) is 6.11. The second-order valence-electron chi connectivity index (χ2n) is 8.42. The number of aryl methyl sites for hydroxylation is 1. The van der Waals surface area contributed by atoms with E-state index in [-0.39, 0.29) is 11.8 Å². The number of carbonyl (C=O) groups is 2. The van der Waals surface area contributed by atoms with Crippen molar-refractivity contribution in [1.82, 2.24) is 0 Å². The summed E-state index contributed by atoms with van der Waals surface area (Å²) >= 11 is 0. The Morgan fingerprint density at radius 2 is 1.55 bits per heavy atom. The lowest BCUT2D eigenvalue weighted by Crippen LogP contribution is -2.37. The summed E-state index contributed by atoms with van der Waals surface area (Å²) in [6.07, 6.45) is 0.0316. The first-order chi connectivity index (χ1) is 16.1. The molecule has 168 valence electrons. The number of ether oxygens (including phenoxy) is 1. The van der Waals surface area contributed by atoms with Gasteiger partial charge in [-0.05, 0) is 55.3 Å². The molecule has 0 aromatic heterocycles. The normalized spacial score (nSPS) is 22.1. The zero-order valence-corrected chi connectivity index (χ0v) is 18.7. The van der Waals surface area contributed by atoms with Crippen molar-refractivity contribution in [2.24, 2.45) is 5.92 Å². The highest BCUT2D eigenvalue weighted by Gasteiger charge is 2.60. The third-order valence-electron chi connectivity index (χ3n) is 6.11. The number of para-hydroxylation sites is 1. The van der Waals surface area contributed by atoms with E-state index in [0.717, 1.165) is 23.2 Å². The number of imide groups is 1. The molecule has 0 unspecified atom stereocenters. The number of hydrogen-bond donors (Lipinski definition) is 0. The van der Waals surface area contributed by atoms with Gasteiger partial charge < -0.3 is 4.74 Å². The van der Waals surface area contributed by atoms with Crippen molar-refractivity contribution in [3.8, 4) is 5.75 Å². The van der Waals surface area contributed by atoms with Gasteiger partial charge in [-0.15, -0.1) is 0 Å². The molecule has 0 aliphatic carbocycles. The summed E-state index contributed by atoms with van der Waals surface area (Å²) in [6.45, 7) is 4.68. The Labute approximate surface area is 193 Å². The van der Waals surface area contributed by atoms with Gasteiger partial charge in [0.1, 0.15) is 11.7 Å². The molecule has 2 saturated heterocycles. The summed E-state index contributed by atoms with van der Waals surface area (Å²) in [4.78, 5) is 34.5. The average molecular weight is 443 g/mol. The van der Waals surface area contributed by atoms with Crippen molar-refractivity contribution in [2.75, 3.05) is 16.6 Å². The fraction of sp³-hybridized carbons (Fsp3) is 0.259. The number of hydroxylamine groups is 1. The molecule has 2 amide bonds. The number of carbonyl (C=O) groups excluding carboxylic acids is 2. The number of anilines is 2. The Morgan fingerprint density at radius 3 is 2.21 bits per heavy atom. The second-order valence-corrected chi connectivity index (χ2v) is 8.42. The number of hydrogen-bond acceptors (Lipinski definition) is 5. The molecule has 3 aromatic rings. The second kappa shape index (κ2) is 8.71. The highest BCUT2D eigenvalue weighted by atomic mass is 16.7. The summed E-state index contributed by atoms with van der Waals surface area (Å²) in [5.74, 6) is -0.528. The molecule has 33 heavy (non-hydrogen) atoms. The van der Waals surface area contributed by atoms with Gasteiger partial charge in [-0.2, -0.15) is 0 Å². The van der Waals surface area contributed by atoms with E-state index in [0.29, 0.717) is 18.0 Å². The van der Waals surface area contributed by atoms with E-state index < -0.39 is 18.1 Å². The average Bonchev–Trinajstić information content (AvgIpc) is 3.35. The van der Waals surface area contributed by atoms with Crippen molar-refractivity contribution in [2.45, 2.75) is 32.4 Å². The fourth-order valence-corrected chi connectivity index (χ4v) is 4.48. The van der Waals surface area contributed by atoms with Gasteiger partial charge in [0.2, 0.25) is 5.91 Å². The summed E-state index contributed by atoms with van der Waals surface area (Å²) in [6, 6.07) is 24.3. The van der Waals surface area contributed by atoms with Crippen LogP contribution in [0.1, 0.15) is 30.5 Å². The first kappa shape index (κ1) is 21.2. The zero-order valence-electron chi connectivity index (χ0n) is 18.7. The zero-order chi connectivity index (χ0) is 22.9. The van der Waals surface area contributed by atoms with Gasteiger partial charge in [-0.1, -0.05) is 55.0 Å². The van der Waals surface area contributed by atoms with Crippen LogP contribution in [0.2, 0.25) is 0 Å². The predicted octanol–water partition coefficient (Wildman–Crippen LogP) is 4.83. The fourth-order valence-electron chi connectivity index (χ4n) is 4.48. The van der Waals surface area contributed by atoms with Gasteiger partial charge in [0.15, 0.2) is 6.10 Å². The van der Waals surface area contributed by atoms with Crippen LogP contribution in [-0.2, 0) is 14.4 Å². The number of nitrogens with zero attached hydrogens (tertiary/aromatic N) is 2. The topological polar surface area (TPSA) is 59.1 Å². The van der Waals surface area contributed by atoms with Crippen LogP contribution in [0.15, 0.2) is 78.9 Å². The minimum Gasteiger partial charge on any atom is -0.494 e. The van der Waals surface area contributed by atoms with Crippen molar-refractivity contribution in [3.05, 3.63) is 90.0 Å². The molecule has 3 aromatic carbocycles. The Balaban J connectivity index is 1.49. The lowest BCUT2D eigenvalue weighted by molar-refractivity contribution is -0.126. The molecule has 6 nitrogen and oxygen atoms in total. The molecule has 6 heteroatoms. The number of rotatable bonds is 6. The Kier molecular flexibility index (Phi) is 5.60. The molecule has 0 bridgehead atoms. The minimum atomic E-state index is -0.875. The first-order valence-corrected chi connectivity index (χ1v) is 11.3. The molecule has 2 fully saturated rings. The van der Waals surface area contributed by atoms with Gasteiger partial charge in [-0.25, -0.2) is 9.96 Å². The predicted molar refractivity (Wildman–Crippen MR) is 126 cm³/mol. The summed E-state index contributed by atoms with van der Waals surface area (Å²) in [5.41, 5.74) is 3.40. The van der Waals surface area contributed by atoms with Crippen LogP contribution in [-0.4, -0.2) is 24.5 Å². The highest BCUT2D eigenvalue weighted by Crippen LogP contribution is 2.47. The van der Waals surface area contributed by atoms with Crippen molar-refractivity contribution in [3.63, 3.8) is 0 Å². The van der Waals surface area contributed by atoms with Crippen LogP contribution < -0.4 is 14.7 Å². The van der Waals surface area contributed by atoms with Crippen LogP contribution in [0.4, 0.5) is 11.4 Å². The van der Waals surface area contributed by atoms with Crippen molar-refractivity contribution in [1.29, 1.82) is 0 Å².